The first-order chi connectivity index (χ1) is 12.3. The van der Waals surface area contributed by atoms with E-state index in [0.717, 1.165) is 58.7 Å². The molecule has 2 aliphatic rings. The molecule has 0 aliphatic carbocycles. The Labute approximate surface area is 151 Å². The SMILES string of the molecule is O=C(CC1CNCCO1)N1CCCN(CCCc2ccccc2)CC1. The van der Waals surface area contributed by atoms with Crippen LogP contribution in [0.15, 0.2) is 30.3 Å². The molecule has 0 spiro atoms. The average molecular weight is 345 g/mol. The number of nitrogens with one attached hydrogen (secondary N) is 1. The van der Waals surface area contributed by atoms with Gasteiger partial charge in [-0.05, 0) is 37.9 Å². The lowest BCUT2D eigenvalue weighted by atomic mass is 10.1. The largest absolute Gasteiger partial charge is 0.375 e. The maximum atomic E-state index is 12.5. The molecule has 0 radical (unpaired) electrons. The number of carbonyl (C=O) groups is 1. The second-order valence-corrected chi connectivity index (χ2v) is 7.07. The summed E-state index contributed by atoms with van der Waals surface area (Å²) in [5, 5.41) is 3.30. The van der Waals surface area contributed by atoms with Crippen molar-refractivity contribution in [1.82, 2.24) is 15.1 Å². The Hall–Kier alpha value is -1.43. The topological polar surface area (TPSA) is 44.8 Å². The molecule has 0 saturated carbocycles. The number of amides is 1. The normalized spacial score (nSPS) is 22.6. The lowest BCUT2D eigenvalue weighted by Crippen LogP contribution is -2.43. The first-order valence-corrected chi connectivity index (χ1v) is 9.67. The number of morpholine rings is 1. The van der Waals surface area contributed by atoms with Crippen LogP contribution in [0.2, 0.25) is 0 Å². The number of carbonyl (C=O) groups excluding carboxylic acids is 1. The van der Waals surface area contributed by atoms with Crippen LogP contribution in [0.5, 0.6) is 0 Å². The van der Waals surface area contributed by atoms with Gasteiger partial charge in [0.2, 0.25) is 5.91 Å². The van der Waals surface area contributed by atoms with Gasteiger partial charge >= 0.3 is 0 Å². The zero-order valence-corrected chi connectivity index (χ0v) is 15.2. The van der Waals surface area contributed by atoms with Gasteiger partial charge in [-0.2, -0.15) is 0 Å². The molecule has 1 unspecified atom stereocenters. The van der Waals surface area contributed by atoms with Crippen LogP contribution in [0.3, 0.4) is 0 Å². The van der Waals surface area contributed by atoms with Crippen molar-refractivity contribution in [3.63, 3.8) is 0 Å². The van der Waals surface area contributed by atoms with Crippen molar-refractivity contribution in [2.45, 2.75) is 31.8 Å². The molecule has 1 N–H and O–H groups in total. The van der Waals surface area contributed by atoms with Crippen molar-refractivity contribution in [2.24, 2.45) is 0 Å². The van der Waals surface area contributed by atoms with Gasteiger partial charge in [-0.3, -0.25) is 4.79 Å². The minimum Gasteiger partial charge on any atom is -0.375 e. The maximum Gasteiger partial charge on any atom is 0.225 e. The molecule has 0 aromatic heterocycles. The van der Waals surface area contributed by atoms with Gasteiger partial charge in [0.15, 0.2) is 0 Å². The average Bonchev–Trinajstić information content (AvgIpc) is 2.89. The van der Waals surface area contributed by atoms with Crippen LogP contribution in [0.1, 0.15) is 24.8 Å². The van der Waals surface area contributed by atoms with Crippen LogP contribution < -0.4 is 5.32 Å². The van der Waals surface area contributed by atoms with Crippen LogP contribution in [0.25, 0.3) is 0 Å². The molecule has 3 rings (SSSR count). The van der Waals surface area contributed by atoms with E-state index in [1.807, 2.05) is 4.90 Å². The lowest BCUT2D eigenvalue weighted by Gasteiger charge is -2.27. The van der Waals surface area contributed by atoms with Gasteiger partial charge in [0.1, 0.15) is 0 Å². The van der Waals surface area contributed by atoms with Crippen LogP contribution in [0, 0.1) is 0 Å². The molecule has 0 bridgehead atoms. The van der Waals surface area contributed by atoms with Gasteiger partial charge < -0.3 is 19.9 Å². The number of hydrogen-bond acceptors (Lipinski definition) is 4. The fraction of sp³-hybridized carbons (Fsp3) is 0.650. The van der Waals surface area contributed by atoms with Crippen LogP contribution in [-0.4, -0.2) is 74.2 Å². The van der Waals surface area contributed by atoms with E-state index in [1.165, 1.54) is 12.0 Å². The summed E-state index contributed by atoms with van der Waals surface area (Å²) in [6.45, 7) is 7.35. The van der Waals surface area contributed by atoms with Gasteiger partial charge in [-0.25, -0.2) is 0 Å². The number of benzene rings is 1. The van der Waals surface area contributed by atoms with Gasteiger partial charge in [-0.15, -0.1) is 0 Å². The van der Waals surface area contributed by atoms with Crippen molar-refractivity contribution in [2.75, 3.05) is 52.4 Å². The van der Waals surface area contributed by atoms with Crippen LogP contribution >= 0.6 is 0 Å². The monoisotopic (exact) mass is 345 g/mol. The van der Waals surface area contributed by atoms with E-state index in [9.17, 15) is 4.79 Å². The van der Waals surface area contributed by atoms with E-state index in [4.69, 9.17) is 4.74 Å². The van der Waals surface area contributed by atoms with E-state index in [0.29, 0.717) is 13.0 Å². The summed E-state index contributed by atoms with van der Waals surface area (Å²) in [6, 6.07) is 10.7. The van der Waals surface area contributed by atoms with Crippen molar-refractivity contribution < 1.29 is 9.53 Å². The molecule has 138 valence electrons. The van der Waals surface area contributed by atoms with Gasteiger partial charge in [0.05, 0.1) is 19.1 Å². The number of hydrogen-bond donors (Lipinski definition) is 1. The minimum absolute atomic E-state index is 0.0477. The Morgan fingerprint density at radius 1 is 1.16 bits per heavy atom. The van der Waals surface area contributed by atoms with E-state index in [-0.39, 0.29) is 12.0 Å². The van der Waals surface area contributed by atoms with Crippen LogP contribution in [0.4, 0.5) is 0 Å². The Bertz CT molecular complexity index is 517. The number of rotatable bonds is 6. The molecular weight excluding hydrogens is 314 g/mol. The highest BCUT2D eigenvalue weighted by Crippen LogP contribution is 2.10. The van der Waals surface area contributed by atoms with Gasteiger partial charge in [0, 0.05) is 32.7 Å². The maximum absolute atomic E-state index is 12.5. The summed E-state index contributed by atoms with van der Waals surface area (Å²) >= 11 is 0. The Morgan fingerprint density at radius 2 is 2.04 bits per heavy atom. The predicted molar refractivity (Wildman–Crippen MR) is 99.6 cm³/mol. The highest BCUT2D eigenvalue weighted by molar-refractivity contribution is 5.76. The van der Waals surface area contributed by atoms with Crippen LogP contribution in [-0.2, 0) is 16.0 Å². The Kier molecular flexibility index (Phi) is 7.27. The number of ether oxygens (including phenoxy) is 1. The molecular formula is C20H31N3O2. The van der Waals surface area contributed by atoms with Gasteiger partial charge in [-0.1, -0.05) is 30.3 Å². The molecule has 2 saturated heterocycles. The first kappa shape index (κ1) is 18.4. The van der Waals surface area contributed by atoms with Crippen molar-refractivity contribution in [3.05, 3.63) is 35.9 Å². The summed E-state index contributed by atoms with van der Waals surface area (Å²) in [5.41, 5.74) is 1.41. The number of nitrogens with zero attached hydrogens (tertiary/aromatic N) is 2. The second kappa shape index (κ2) is 9.90. The zero-order chi connectivity index (χ0) is 17.3. The summed E-state index contributed by atoms with van der Waals surface area (Å²) in [4.78, 5) is 17.1. The van der Waals surface area contributed by atoms with E-state index in [2.05, 4.69) is 40.5 Å². The Balaban J connectivity index is 1.37. The minimum atomic E-state index is 0.0477. The molecule has 1 aromatic rings. The van der Waals surface area contributed by atoms with E-state index < -0.39 is 0 Å². The quantitative estimate of drug-likeness (QED) is 0.849. The molecule has 1 amide bonds. The van der Waals surface area contributed by atoms with Crippen molar-refractivity contribution in [1.29, 1.82) is 0 Å². The van der Waals surface area contributed by atoms with Gasteiger partial charge in [0.25, 0.3) is 0 Å². The third-order valence-electron chi connectivity index (χ3n) is 5.13. The molecule has 2 heterocycles. The third-order valence-corrected chi connectivity index (χ3v) is 5.13. The summed E-state index contributed by atoms with van der Waals surface area (Å²) in [5.74, 6) is 0.250. The fourth-order valence-electron chi connectivity index (χ4n) is 3.67. The zero-order valence-electron chi connectivity index (χ0n) is 15.2. The Morgan fingerprint density at radius 3 is 2.84 bits per heavy atom. The highest BCUT2D eigenvalue weighted by Gasteiger charge is 2.23. The summed E-state index contributed by atoms with van der Waals surface area (Å²) in [7, 11) is 0. The third kappa shape index (κ3) is 6.10. The van der Waals surface area contributed by atoms with E-state index in [1.54, 1.807) is 0 Å². The van der Waals surface area contributed by atoms with Crippen molar-refractivity contribution in [3.8, 4) is 0 Å². The summed E-state index contributed by atoms with van der Waals surface area (Å²) in [6.07, 6.45) is 3.94. The highest BCUT2D eigenvalue weighted by atomic mass is 16.5. The second-order valence-electron chi connectivity index (χ2n) is 7.07. The number of aryl methyl sites for hydroxylation is 1. The smallest absolute Gasteiger partial charge is 0.225 e. The fourth-order valence-corrected chi connectivity index (χ4v) is 3.67. The lowest BCUT2D eigenvalue weighted by molar-refractivity contribution is -0.134. The molecule has 2 aliphatic heterocycles. The summed E-state index contributed by atoms with van der Waals surface area (Å²) < 4.78 is 5.67. The van der Waals surface area contributed by atoms with E-state index >= 15 is 0 Å². The molecule has 5 heteroatoms. The van der Waals surface area contributed by atoms with Crippen molar-refractivity contribution >= 4 is 5.91 Å². The molecule has 25 heavy (non-hydrogen) atoms. The first-order valence-electron chi connectivity index (χ1n) is 9.67. The standard InChI is InChI=1S/C20H31N3O2/c24-20(16-19-17-21-9-15-25-19)23-12-5-11-22(13-14-23)10-4-8-18-6-2-1-3-7-18/h1-3,6-7,19,21H,4-5,8-17H2. The molecule has 1 atom stereocenters. The predicted octanol–water partition coefficient (Wildman–Crippen LogP) is 1.53. The molecule has 5 nitrogen and oxygen atoms in total. The molecule has 1 aromatic carbocycles. The molecule has 2 fully saturated rings.